The van der Waals surface area contributed by atoms with Gasteiger partial charge in [0.25, 0.3) is 0 Å². The van der Waals surface area contributed by atoms with Crippen molar-refractivity contribution in [2.24, 2.45) is 0 Å². The van der Waals surface area contributed by atoms with E-state index in [9.17, 15) is 0 Å². The zero-order valence-electron chi connectivity index (χ0n) is 35.1. The Morgan fingerprint density at radius 3 is 1.61 bits per heavy atom. The van der Waals surface area contributed by atoms with Crippen molar-refractivity contribution in [3.05, 3.63) is 198 Å². The molecule has 0 N–H and O–H groups in total. The SMILES string of the molecule is CC(C)(C)c1cc2c(cc1-c1ccc(N(c3ccccc3)c3ccc4c5c(ccc4c3)-c3c(ccc4ccccc34)C5(C)C)cc1)C(C)(C)c1ccc3ccccc3c1-2. The first kappa shape index (κ1) is 35.7. The van der Waals surface area contributed by atoms with Crippen LogP contribution in [0.15, 0.2) is 170 Å². The molecule has 11 rings (SSSR count). The van der Waals surface area contributed by atoms with Crippen molar-refractivity contribution in [3.63, 3.8) is 0 Å². The van der Waals surface area contributed by atoms with Gasteiger partial charge in [-0.1, -0.05) is 170 Å². The minimum absolute atomic E-state index is 0.0507. The lowest BCUT2D eigenvalue weighted by Crippen LogP contribution is -2.17. The Balaban J connectivity index is 1.03. The van der Waals surface area contributed by atoms with Crippen LogP contribution >= 0.6 is 0 Å². The molecule has 0 spiro atoms. The largest absolute Gasteiger partial charge is 0.310 e. The molecule has 0 bridgehead atoms. The van der Waals surface area contributed by atoms with Crippen molar-refractivity contribution in [2.75, 3.05) is 4.90 Å². The Bertz CT molecular complexity index is 3170. The Morgan fingerprint density at radius 2 is 0.949 bits per heavy atom. The van der Waals surface area contributed by atoms with Crippen LogP contribution in [-0.2, 0) is 16.2 Å². The highest BCUT2D eigenvalue weighted by Gasteiger charge is 2.39. The lowest BCUT2D eigenvalue weighted by molar-refractivity contribution is 0.591. The number of hydrogen-bond donors (Lipinski definition) is 0. The number of hydrogen-bond acceptors (Lipinski definition) is 1. The molecular weight excluding hydrogens is 711 g/mol. The van der Waals surface area contributed by atoms with E-state index in [0.717, 1.165) is 17.1 Å². The zero-order valence-corrected chi connectivity index (χ0v) is 35.1. The Morgan fingerprint density at radius 1 is 0.390 bits per heavy atom. The second-order valence-corrected chi connectivity index (χ2v) is 19.0. The number of benzene rings is 9. The summed E-state index contributed by atoms with van der Waals surface area (Å²) in [4.78, 5) is 2.40. The lowest BCUT2D eigenvalue weighted by Gasteiger charge is -2.28. The monoisotopic (exact) mass is 759 g/mol. The molecule has 0 aromatic heterocycles. The molecule has 0 aliphatic heterocycles. The number of fused-ring (bicyclic) bond motifs is 12. The van der Waals surface area contributed by atoms with Gasteiger partial charge in [0.05, 0.1) is 0 Å². The van der Waals surface area contributed by atoms with E-state index in [4.69, 9.17) is 0 Å². The maximum atomic E-state index is 2.52. The van der Waals surface area contributed by atoms with Crippen LogP contribution in [0.1, 0.15) is 76.3 Å². The molecule has 0 unspecified atom stereocenters. The summed E-state index contributed by atoms with van der Waals surface area (Å²) in [5.41, 5.74) is 18.3. The molecule has 0 fully saturated rings. The van der Waals surface area contributed by atoms with Crippen LogP contribution in [0.25, 0.3) is 65.7 Å². The van der Waals surface area contributed by atoms with Gasteiger partial charge >= 0.3 is 0 Å². The van der Waals surface area contributed by atoms with E-state index in [-0.39, 0.29) is 16.2 Å². The topological polar surface area (TPSA) is 3.24 Å². The van der Waals surface area contributed by atoms with Crippen LogP contribution in [0.5, 0.6) is 0 Å². The minimum atomic E-state index is -0.111. The van der Waals surface area contributed by atoms with Gasteiger partial charge in [-0.3, -0.25) is 0 Å². The van der Waals surface area contributed by atoms with Crippen LogP contribution in [-0.4, -0.2) is 0 Å². The molecule has 1 heteroatoms. The summed E-state index contributed by atoms with van der Waals surface area (Å²) in [6.45, 7) is 16.6. The van der Waals surface area contributed by atoms with E-state index in [1.165, 1.54) is 93.5 Å². The minimum Gasteiger partial charge on any atom is -0.310 e. The van der Waals surface area contributed by atoms with Crippen molar-refractivity contribution in [2.45, 2.75) is 64.7 Å². The summed E-state index contributed by atoms with van der Waals surface area (Å²) < 4.78 is 0. The van der Waals surface area contributed by atoms with Crippen molar-refractivity contribution in [1.82, 2.24) is 0 Å². The molecule has 0 heterocycles. The summed E-state index contributed by atoms with van der Waals surface area (Å²) in [6.07, 6.45) is 0. The molecule has 1 nitrogen and oxygen atoms in total. The third kappa shape index (κ3) is 5.23. The molecule has 286 valence electrons. The summed E-state index contributed by atoms with van der Waals surface area (Å²) in [5, 5.41) is 7.86. The molecule has 59 heavy (non-hydrogen) atoms. The second-order valence-electron chi connectivity index (χ2n) is 19.0. The predicted molar refractivity (Wildman–Crippen MR) is 253 cm³/mol. The van der Waals surface area contributed by atoms with Crippen LogP contribution in [0.4, 0.5) is 17.1 Å². The molecule has 0 atom stereocenters. The third-order valence-electron chi connectivity index (χ3n) is 13.7. The van der Waals surface area contributed by atoms with Crippen LogP contribution < -0.4 is 4.90 Å². The summed E-state index contributed by atoms with van der Waals surface area (Å²) in [5.74, 6) is 0. The molecule has 0 saturated carbocycles. The van der Waals surface area contributed by atoms with Crippen molar-refractivity contribution in [3.8, 4) is 33.4 Å². The highest BCUT2D eigenvalue weighted by molar-refractivity contribution is 6.08. The average molecular weight is 760 g/mol. The number of nitrogens with zero attached hydrogens (tertiary/aromatic N) is 1. The van der Waals surface area contributed by atoms with Gasteiger partial charge < -0.3 is 4.90 Å². The predicted octanol–water partition coefficient (Wildman–Crippen LogP) is 16.2. The number of anilines is 3. The number of para-hydroxylation sites is 1. The fourth-order valence-corrected chi connectivity index (χ4v) is 10.8. The molecule has 2 aliphatic rings. The maximum Gasteiger partial charge on any atom is 0.0468 e. The fourth-order valence-electron chi connectivity index (χ4n) is 10.8. The molecule has 0 saturated heterocycles. The molecule has 0 radical (unpaired) electrons. The van der Waals surface area contributed by atoms with Gasteiger partial charge in [-0.25, -0.2) is 0 Å². The molecular formula is C58H49N. The normalized spacial score (nSPS) is 14.6. The molecule has 9 aromatic carbocycles. The van der Waals surface area contributed by atoms with Gasteiger partial charge in [-0.2, -0.15) is 0 Å². The van der Waals surface area contributed by atoms with E-state index in [2.05, 4.69) is 223 Å². The van der Waals surface area contributed by atoms with Gasteiger partial charge in [0, 0.05) is 27.9 Å². The molecule has 0 amide bonds. The van der Waals surface area contributed by atoms with Gasteiger partial charge in [0.1, 0.15) is 0 Å². The summed E-state index contributed by atoms with van der Waals surface area (Å²) >= 11 is 0. The zero-order chi connectivity index (χ0) is 40.4. The lowest BCUT2D eigenvalue weighted by atomic mass is 9.77. The highest BCUT2D eigenvalue weighted by atomic mass is 15.1. The Labute approximate surface area is 348 Å². The van der Waals surface area contributed by atoms with E-state index >= 15 is 0 Å². The van der Waals surface area contributed by atoms with E-state index < -0.39 is 0 Å². The molecule has 2 aliphatic carbocycles. The van der Waals surface area contributed by atoms with E-state index in [1.54, 1.807) is 0 Å². The second kappa shape index (κ2) is 12.5. The summed E-state index contributed by atoms with van der Waals surface area (Å²) in [6, 6.07) is 63.9. The van der Waals surface area contributed by atoms with Gasteiger partial charge in [-0.15, -0.1) is 0 Å². The smallest absolute Gasteiger partial charge is 0.0468 e. The Hall–Kier alpha value is -6.44. The number of rotatable bonds is 4. The quantitative estimate of drug-likeness (QED) is 0.173. The van der Waals surface area contributed by atoms with Crippen molar-refractivity contribution < 1.29 is 0 Å². The van der Waals surface area contributed by atoms with Crippen LogP contribution in [0.2, 0.25) is 0 Å². The maximum absolute atomic E-state index is 2.52. The summed E-state index contributed by atoms with van der Waals surface area (Å²) in [7, 11) is 0. The Kier molecular flexibility index (Phi) is 7.58. The van der Waals surface area contributed by atoms with Crippen molar-refractivity contribution in [1.29, 1.82) is 0 Å². The third-order valence-corrected chi connectivity index (χ3v) is 13.7. The average Bonchev–Trinajstić information content (AvgIpc) is 3.63. The van der Waals surface area contributed by atoms with Gasteiger partial charge in [0.2, 0.25) is 0 Å². The molecule has 9 aromatic rings. The van der Waals surface area contributed by atoms with Crippen LogP contribution in [0.3, 0.4) is 0 Å². The standard InChI is InChI=1S/C58H49N/c1-56(2,3)51-35-48-52(57(4,5)49-31-24-37-16-12-14-20-44(37)54(48)49)34-47(51)38-21-26-41(27-22-38)59(40-17-9-8-10-18-40)42-28-30-45-39(33-42)23-29-46-53-43-19-13-11-15-36(43)25-32-50(53)58(6,7)55(45)46/h8-35H,1-7H3. The van der Waals surface area contributed by atoms with E-state index in [0.29, 0.717) is 0 Å². The first-order valence-electron chi connectivity index (χ1n) is 21.2. The van der Waals surface area contributed by atoms with Gasteiger partial charge in [0.15, 0.2) is 0 Å². The fraction of sp³-hybridized carbons (Fsp3) is 0.172. The highest BCUT2D eigenvalue weighted by Crippen LogP contribution is 2.56. The van der Waals surface area contributed by atoms with E-state index in [1.807, 2.05) is 0 Å². The first-order valence-corrected chi connectivity index (χ1v) is 21.2. The van der Waals surface area contributed by atoms with Gasteiger partial charge in [-0.05, 0) is 147 Å². The first-order chi connectivity index (χ1) is 28.4. The van der Waals surface area contributed by atoms with Crippen LogP contribution in [0, 0.1) is 0 Å². The van der Waals surface area contributed by atoms with Crippen molar-refractivity contribution >= 4 is 49.4 Å².